The minimum Gasteiger partial charge on any atom is -0.493 e. The lowest BCUT2D eigenvalue weighted by atomic mass is 10.1. The van der Waals surface area contributed by atoms with Crippen molar-refractivity contribution in [2.75, 3.05) is 14.2 Å². The molecule has 1 unspecified atom stereocenters. The third-order valence-corrected chi connectivity index (χ3v) is 4.24. The van der Waals surface area contributed by atoms with Crippen LogP contribution in [0, 0.1) is 5.92 Å². The van der Waals surface area contributed by atoms with Crippen LogP contribution < -0.4 is 14.9 Å². The standard InChI is InChI=1S/C20H22N4O3/c1-14(12-24-13-21-16-6-4-5-7-17(16)24)20(25)23-22-11-15-8-9-18(26-2)19(10-15)27-3/h4-11,13-14H,12H2,1-3H3,(H,23,25)/b22-11+. The van der Waals surface area contributed by atoms with Gasteiger partial charge >= 0.3 is 0 Å². The van der Waals surface area contributed by atoms with Crippen LogP contribution in [-0.2, 0) is 11.3 Å². The largest absolute Gasteiger partial charge is 0.493 e. The number of carbonyl (C=O) groups is 1. The molecule has 1 N–H and O–H groups in total. The van der Waals surface area contributed by atoms with Crippen LogP contribution in [0.25, 0.3) is 11.0 Å². The van der Waals surface area contributed by atoms with E-state index in [0.29, 0.717) is 18.0 Å². The van der Waals surface area contributed by atoms with Gasteiger partial charge in [-0.3, -0.25) is 4.79 Å². The number of ether oxygens (including phenoxy) is 2. The maximum atomic E-state index is 12.3. The minimum absolute atomic E-state index is 0.162. The second-order valence-electron chi connectivity index (χ2n) is 6.14. The van der Waals surface area contributed by atoms with E-state index in [-0.39, 0.29) is 11.8 Å². The summed E-state index contributed by atoms with van der Waals surface area (Å²) in [6, 6.07) is 13.2. The van der Waals surface area contributed by atoms with Gasteiger partial charge in [-0.2, -0.15) is 5.10 Å². The van der Waals surface area contributed by atoms with Crippen molar-refractivity contribution in [1.29, 1.82) is 0 Å². The normalized spacial score (nSPS) is 12.3. The zero-order chi connectivity index (χ0) is 19.2. The van der Waals surface area contributed by atoms with Crippen LogP contribution >= 0.6 is 0 Å². The third-order valence-electron chi connectivity index (χ3n) is 4.24. The molecule has 7 nitrogen and oxygen atoms in total. The predicted octanol–water partition coefficient (Wildman–Crippen LogP) is 2.84. The van der Waals surface area contributed by atoms with Gasteiger partial charge in [-0.25, -0.2) is 10.4 Å². The quantitative estimate of drug-likeness (QED) is 0.515. The van der Waals surface area contributed by atoms with E-state index in [1.54, 1.807) is 38.9 Å². The fourth-order valence-electron chi connectivity index (χ4n) is 2.75. The Balaban J connectivity index is 1.61. The Morgan fingerprint density at radius 3 is 2.78 bits per heavy atom. The second kappa shape index (κ2) is 8.35. The van der Waals surface area contributed by atoms with Crippen molar-refractivity contribution in [2.24, 2.45) is 11.0 Å². The zero-order valence-electron chi connectivity index (χ0n) is 15.5. The molecule has 0 aliphatic heterocycles. The lowest BCUT2D eigenvalue weighted by molar-refractivity contribution is -0.124. The van der Waals surface area contributed by atoms with Crippen molar-refractivity contribution >= 4 is 23.2 Å². The summed E-state index contributed by atoms with van der Waals surface area (Å²) in [7, 11) is 3.15. The van der Waals surface area contributed by atoms with Gasteiger partial charge < -0.3 is 14.0 Å². The number of imidazole rings is 1. The highest BCUT2D eigenvalue weighted by Crippen LogP contribution is 2.26. The summed E-state index contributed by atoms with van der Waals surface area (Å²) in [5.74, 6) is 0.822. The molecule has 2 aromatic carbocycles. The summed E-state index contributed by atoms with van der Waals surface area (Å²) >= 11 is 0. The monoisotopic (exact) mass is 366 g/mol. The van der Waals surface area contributed by atoms with E-state index in [2.05, 4.69) is 15.5 Å². The topological polar surface area (TPSA) is 77.7 Å². The SMILES string of the molecule is COc1ccc(/C=N/NC(=O)C(C)Cn2cnc3ccccc32)cc1OC. The number of hydrogen-bond donors (Lipinski definition) is 1. The van der Waals surface area contributed by atoms with Crippen LogP contribution in [0.15, 0.2) is 53.9 Å². The van der Waals surface area contributed by atoms with E-state index in [0.717, 1.165) is 16.6 Å². The van der Waals surface area contributed by atoms with Crippen molar-refractivity contribution in [3.8, 4) is 11.5 Å². The number of amides is 1. The molecule has 0 saturated carbocycles. The summed E-state index contributed by atoms with van der Waals surface area (Å²) in [6.07, 6.45) is 3.32. The first-order valence-electron chi connectivity index (χ1n) is 8.57. The molecule has 0 spiro atoms. The average Bonchev–Trinajstić information content (AvgIpc) is 3.10. The Morgan fingerprint density at radius 2 is 2.00 bits per heavy atom. The number of rotatable bonds is 7. The number of hydrogen-bond acceptors (Lipinski definition) is 5. The molecule has 0 bridgehead atoms. The number of benzene rings is 2. The fraction of sp³-hybridized carbons (Fsp3) is 0.250. The maximum Gasteiger partial charge on any atom is 0.244 e. The molecule has 3 rings (SSSR count). The Morgan fingerprint density at radius 1 is 1.22 bits per heavy atom. The Labute approximate surface area is 157 Å². The lowest BCUT2D eigenvalue weighted by Crippen LogP contribution is -2.27. The number of nitrogens with one attached hydrogen (secondary N) is 1. The molecular weight excluding hydrogens is 344 g/mol. The van der Waals surface area contributed by atoms with Crippen molar-refractivity contribution < 1.29 is 14.3 Å². The van der Waals surface area contributed by atoms with Gasteiger partial charge in [0.05, 0.1) is 43.7 Å². The molecule has 1 aromatic heterocycles. The first-order valence-corrected chi connectivity index (χ1v) is 8.57. The van der Waals surface area contributed by atoms with Crippen LogP contribution in [0.2, 0.25) is 0 Å². The van der Waals surface area contributed by atoms with Gasteiger partial charge in [0.25, 0.3) is 0 Å². The first-order chi connectivity index (χ1) is 13.1. The highest BCUT2D eigenvalue weighted by molar-refractivity contribution is 5.84. The lowest BCUT2D eigenvalue weighted by Gasteiger charge is -2.11. The van der Waals surface area contributed by atoms with Gasteiger partial charge in [0, 0.05) is 6.54 Å². The van der Waals surface area contributed by atoms with Gasteiger partial charge in [0.15, 0.2) is 11.5 Å². The number of fused-ring (bicyclic) bond motifs is 1. The smallest absolute Gasteiger partial charge is 0.244 e. The first kappa shape index (κ1) is 18.4. The highest BCUT2D eigenvalue weighted by Gasteiger charge is 2.14. The average molecular weight is 366 g/mol. The van der Waals surface area contributed by atoms with Gasteiger partial charge in [-0.1, -0.05) is 19.1 Å². The Hall–Kier alpha value is -3.35. The Kier molecular flexibility index (Phi) is 5.71. The number of methoxy groups -OCH3 is 2. The summed E-state index contributed by atoms with van der Waals surface area (Å²) in [5, 5.41) is 4.04. The molecule has 7 heteroatoms. The van der Waals surface area contributed by atoms with E-state index < -0.39 is 0 Å². The third kappa shape index (κ3) is 4.25. The summed E-state index contributed by atoms with van der Waals surface area (Å²) < 4.78 is 12.4. The van der Waals surface area contributed by atoms with Crippen LogP contribution in [0.1, 0.15) is 12.5 Å². The molecule has 0 aliphatic carbocycles. The van der Waals surface area contributed by atoms with E-state index in [9.17, 15) is 4.79 Å². The van der Waals surface area contributed by atoms with Gasteiger partial charge in [-0.05, 0) is 35.9 Å². The zero-order valence-corrected chi connectivity index (χ0v) is 15.5. The van der Waals surface area contributed by atoms with Crippen LogP contribution in [0.3, 0.4) is 0 Å². The molecule has 1 heterocycles. The molecule has 0 saturated heterocycles. The van der Waals surface area contributed by atoms with Crippen molar-refractivity contribution in [1.82, 2.24) is 15.0 Å². The predicted molar refractivity (Wildman–Crippen MR) is 104 cm³/mol. The fourth-order valence-corrected chi connectivity index (χ4v) is 2.75. The molecule has 1 atom stereocenters. The molecular formula is C20H22N4O3. The summed E-state index contributed by atoms with van der Waals surface area (Å²) in [4.78, 5) is 16.7. The van der Waals surface area contributed by atoms with Gasteiger partial charge in [0.1, 0.15) is 0 Å². The molecule has 3 aromatic rings. The van der Waals surface area contributed by atoms with E-state index in [1.807, 2.05) is 41.8 Å². The highest BCUT2D eigenvalue weighted by atomic mass is 16.5. The molecule has 140 valence electrons. The van der Waals surface area contributed by atoms with E-state index in [4.69, 9.17) is 9.47 Å². The molecule has 0 fully saturated rings. The van der Waals surface area contributed by atoms with E-state index >= 15 is 0 Å². The van der Waals surface area contributed by atoms with Crippen LogP contribution in [0.5, 0.6) is 11.5 Å². The Bertz CT molecular complexity index is 965. The molecule has 0 aliphatic rings. The van der Waals surface area contributed by atoms with Crippen LogP contribution in [0.4, 0.5) is 0 Å². The minimum atomic E-state index is -0.259. The molecule has 27 heavy (non-hydrogen) atoms. The number of carbonyl (C=O) groups excluding carboxylic acids is 1. The number of hydrazone groups is 1. The van der Waals surface area contributed by atoms with Gasteiger partial charge in [-0.15, -0.1) is 0 Å². The van der Waals surface area contributed by atoms with Crippen molar-refractivity contribution in [3.05, 3.63) is 54.4 Å². The number of para-hydroxylation sites is 2. The molecule has 1 amide bonds. The molecule has 0 radical (unpaired) electrons. The van der Waals surface area contributed by atoms with Crippen molar-refractivity contribution in [2.45, 2.75) is 13.5 Å². The van der Waals surface area contributed by atoms with Gasteiger partial charge in [0.2, 0.25) is 5.91 Å². The van der Waals surface area contributed by atoms with E-state index in [1.165, 1.54) is 0 Å². The van der Waals surface area contributed by atoms with Crippen molar-refractivity contribution in [3.63, 3.8) is 0 Å². The van der Waals surface area contributed by atoms with Crippen LogP contribution in [-0.4, -0.2) is 35.9 Å². The number of aromatic nitrogens is 2. The second-order valence-corrected chi connectivity index (χ2v) is 6.14. The number of nitrogens with zero attached hydrogens (tertiary/aromatic N) is 3. The summed E-state index contributed by atoms with van der Waals surface area (Å²) in [6.45, 7) is 2.38. The maximum absolute atomic E-state index is 12.3. The summed E-state index contributed by atoms with van der Waals surface area (Å²) in [5.41, 5.74) is 5.29.